The molecule has 6 nitrogen and oxygen atoms in total. The highest BCUT2D eigenvalue weighted by Gasteiger charge is 2.55. The molecule has 0 aliphatic rings. The third-order valence-corrected chi connectivity index (χ3v) is 5.31. The fourth-order valence-electron chi connectivity index (χ4n) is 3.36. The van der Waals surface area contributed by atoms with Gasteiger partial charge >= 0.3 is 6.18 Å². The Labute approximate surface area is 186 Å². The highest BCUT2D eigenvalue weighted by molar-refractivity contribution is 6.32. The molecule has 2 heterocycles. The molecule has 1 aromatic carbocycles. The third-order valence-electron chi connectivity index (χ3n) is 4.93. The lowest BCUT2D eigenvalue weighted by Crippen LogP contribution is -2.45. The Kier molecular flexibility index (Phi) is 6.62. The van der Waals surface area contributed by atoms with Gasteiger partial charge in [0.2, 0.25) is 0 Å². The number of nitriles is 1. The number of hydrogen-bond donors (Lipinski definition) is 0. The fourth-order valence-corrected chi connectivity index (χ4v) is 3.82. The molecule has 160 valence electrons. The van der Waals surface area contributed by atoms with Crippen molar-refractivity contribution in [1.29, 1.82) is 5.26 Å². The van der Waals surface area contributed by atoms with Crippen LogP contribution < -0.4 is 0 Å². The van der Waals surface area contributed by atoms with Crippen LogP contribution in [0, 0.1) is 11.3 Å². The molecule has 1 atom stereocenters. The average molecular weight is 467 g/mol. The topological polar surface area (TPSA) is 79.8 Å². The molecule has 0 aliphatic heterocycles. The molecule has 31 heavy (non-hydrogen) atoms. The number of halogens is 5. The lowest BCUT2D eigenvalue weighted by molar-refractivity contribution is -0.189. The maximum Gasteiger partial charge on any atom is 0.400 e. The number of alkyl halides is 3. The number of benzene rings is 1. The average Bonchev–Trinajstić information content (AvgIpc) is 3.23. The summed E-state index contributed by atoms with van der Waals surface area (Å²) in [5.74, 6) is 0. The van der Waals surface area contributed by atoms with Crippen molar-refractivity contribution in [2.45, 2.75) is 24.4 Å². The number of pyridine rings is 1. The minimum atomic E-state index is -4.67. The molecule has 0 saturated heterocycles. The summed E-state index contributed by atoms with van der Waals surface area (Å²) in [5.41, 5.74) is -1.23. The molecule has 0 amide bonds. The second kappa shape index (κ2) is 9.04. The summed E-state index contributed by atoms with van der Waals surface area (Å²) in [5, 5.41) is 13.2. The van der Waals surface area contributed by atoms with Gasteiger partial charge in [-0.3, -0.25) is 4.99 Å². The third kappa shape index (κ3) is 4.70. The SMILES string of the molecule is C=NCC(CCc1ccc(-n2cncn2)c(C#N)c1)(c1cc(Cl)nc(Cl)c1)C(F)(F)F. The van der Waals surface area contributed by atoms with E-state index in [2.05, 4.69) is 26.8 Å². The summed E-state index contributed by atoms with van der Waals surface area (Å²) in [6, 6.07) is 9.11. The molecule has 0 radical (unpaired) electrons. The van der Waals surface area contributed by atoms with Crippen LogP contribution in [0.25, 0.3) is 5.69 Å². The zero-order valence-electron chi connectivity index (χ0n) is 15.9. The fraction of sp³-hybridized carbons (Fsp3) is 0.250. The second-order valence-corrected chi connectivity index (χ2v) is 7.54. The van der Waals surface area contributed by atoms with Crippen molar-refractivity contribution < 1.29 is 13.2 Å². The van der Waals surface area contributed by atoms with E-state index in [4.69, 9.17) is 23.2 Å². The molecular weight excluding hydrogens is 452 g/mol. The summed E-state index contributed by atoms with van der Waals surface area (Å²) in [6.45, 7) is 2.65. The van der Waals surface area contributed by atoms with E-state index in [0.717, 1.165) is 12.1 Å². The number of nitrogens with zero attached hydrogens (tertiary/aromatic N) is 6. The van der Waals surface area contributed by atoms with Crippen molar-refractivity contribution in [2.24, 2.45) is 4.99 Å². The van der Waals surface area contributed by atoms with Crippen molar-refractivity contribution in [3.63, 3.8) is 0 Å². The number of aliphatic imine (C=N–C) groups is 1. The number of rotatable bonds is 7. The second-order valence-electron chi connectivity index (χ2n) is 6.77. The molecular formula is C20H15Cl2F3N6. The normalized spacial score (nSPS) is 13.4. The number of aromatic nitrogens is 4. The van der Waals surface area contributed by atoms with Gasteiger partial charge in [0.25, 0.3) is 0 Å². The molecule has 0 N–H and O–H groups in total. The quantitative estimate of drug-likeness (QED) is 0.363. The molecule has 0 fully saturated rings. The first kappa shape index (κ1) is 22.7. The monoisotopic (exact) mass is 466 g/mol. The van der Waals surface area contributed by atoms with Gasteiger partial charge in [0.05, 0.1) is 17.8 Å². The van der Waals surface area contributed by atoms with Gasteiger partial charge in [-0.25, -0.2) is 14.6 Å². The first-order valence-electron chi connectivity index (χ1n) is 8.91. The largest absolute Gasteiger partial charge is 0.400 e. The van der Waals surface area contributed by atoms with E-state index in [-0.39, 0.29) is 34.3 Å². The molecule has 0 bridgehead atoms. The van der Waals surface area contributed by atoms with Crippen molar-refractivity contribution in [2.75, 3.05) is 6.54 Å². The Balaban J connectivity index is 1.99. The minimum Gasteiger partial charge on any atom is -0.300 e. The lowest BCUT2D eigenvalue weighted by atomic mass is 9.75. The summed E-state index contributed by atoms with van der Waals surface area (Å²) in [6.07, 6.45) is -2.27. The summed E-state index contributed by atoms with van der Waals surface area (Å²) < 4.78 is 44.4. The maximum atomic E-state index is 14.3. The van der Waals surface area contributed by atoms with Crippen LogP contribution in [-0.2, 0) is 11.8 Å². The Bertz CT molecular complexity index is 1100. The van der Waals surface area contributed by atoms with E-state index in [0.29, 0.717) is 11.3 Å². The Hall–Kier alpha value is -2.96. The molecule has 0 saturated carbocycles. The van der Waals surface area contributed by atoms with Crippen LogP contribution in [-0.4, -0.2) is 39.2 Å². The maximum absolute atomic E-state index is 14.3. The van der Waals surface area contributed by atoms with E-state index in [9.17, 15) is 18.4 Å². The van der Waals surface area contributed by atoms with Gasteiger partial charge in [0.1, 0.15) is 34.4 Å². The molecule has 1 unspecified atom stereocenters. The first-order valence-corrected chi connectivity index (χ1v) is 9.66. The Morgan fingerprint density at radius 2 is 1.87 bits per heavy atom. The van der Waals surface area contributed by atoms with E-state index in [1.807, 2.05) is 6.07 Å². The number of hydrogen-bond acceptors (Lipinski definition) is 5. The first-order chi connectivity index (χ1) is 14.7. The molecule has 0 aliphatic carbocycles. The zero-order valence-corrected chi connectivity index (χ0v) is 17.5. The van der Waals surface area contributed by atoms with Gasteiger partial charge < -0.3 is 0 Å². The molecule has 11 heteroatoms. The van der Waals surface area contributed by atoms with Crippen molar-refractivity contribution in [3.05, 3.63) is 70.0 Å². The Morgan fingerprint density at radius 3 is 2.42 bits per heavy atom. The minimum absolute atomic E-state index is 0.0128. The van der Waals surface area contributed by atoms with Gasteiger partial charge in [-0.2, -0.15) is 23.5 Å². The highest BCUT2D eigenvalue weighted by atomic mass is 35.5. The van der Waals surface area contributed by atoms with Gasteiger partial charge in [-0.05, 0) is 55.0 Å². The van der Waals surface area contributed by atoms with E-state index in [1.165, 1.54) is 23.4 Å². The summed E-state index contributed by atoms with van der Waals surface area (Å²) in [4.78, 5) is 11.1. The molecule has 0 spiro atoms. The van der Waals surface area contributed by atoms with Crippen LogP contribution in [0.4, 0.5) is 13.2 Å². The van der Waals surface area contributed by atoms with Crippen LogP contribution >= 0.6 is 23.2 Å². The van der Waals surface area contributed by atoms with Gasteiger partial charge in [0, 0.05) is 0 Å². The van der Waals surface area contributed by atoms with Crippen molar-refractivity contribution in [3.8, 4) is 11.8 Å². The van der Waals surface area contributed by atoms with E-state index >= 15 is 0 Å². The van der Waals surface area contributed by atoms with E-state index in [1.54, 1.807) is 12.1 Å². The molecule has 3 rings (SSSR count). The van der Waals surface area contributed by atoms with Crippen molar-refractivity contribution >= 4 is 29.9 Å². The van der Waals surface area contributed by atoms with Crippen LogP contribution in [0.3, 0.4) is 0 Å². The van der Waals surface area contributed by atoms with Crippen LogP contribution in [0.5, 0.6) is 0 Å². The Morgan fingerprint density at radius 1 is 1.16 bits per heavy atom. The van der Waals surface area contributed by atoms with Crippen LogP contribution in [0.2, 0.25) is 10.3 Å². The smallest absolute Gasteiger partial charge is 0.300 e. The molecule has 2 aromatic heterocycles. The standard InChI is InChI=1S/C20H15Cl2F3N6/c1-27-10-19(20(23,24)25,15-7-17(21)30-18(22)8-15)5-4-13-2-3-16(14(6-13)9-26)31-12-28-11-29-31/h2-3,6-8,11-12H,1,4-5,10H2. The summed E-state index contributed by atoms with van der Waals surface area (Å²) >= 11 is 11.7. The predicted molar refractivity (Wildman–Crippen MR) is 111 cm³/mol. The van der Waals surface area contributed by atoms with Gasteiger partial charge in [0.15, 0.2) is 0 Å². The van der Waals surface area contributed by atoms with Gasteiger partial charge in [-0.15, -0.1) is 0 Å². The lowest BCUT2D eigenvalue weighted by Gasteiger charge is -2.35. The van der Waals surface area contributed by atoms with Crippen LogP contribution in [0.1, 0.15) is 23.1 Å². The summed E-state index contributed by atoms with van der Waals surface area (Å²) in [7, 11) is 0. The zero-order chi connectivity index (χ0) is 22.6. The predicted octanol–water partition coefficient (Wildman–Crippen LogP) is 4.97. The van der Waals surface area contributed by atoms with Crippen molar-refractivity contribution in [1.82, 2.24) is 19.7 Å². The number of aryl methyl sites for hydroxylation is 1. The van der Waals surface area contributed by atoms with Gasteiger partial charge in [-0.1, -0.05) is 29.3 Å². The van der Waals surface area contributed by atoms with E-state index < -0.39 is 18.1 Å². The van der Waals surface area contributed by atoms with Crippen LogP contribution in [0.15, 0.2) is 48.0 Å². The highest BCUT2D eigenvalue weighted by Crippen LogP contribution is 2.46. The molecule has 3 aromatic rings.